The van der Waals surface area contributed by atoms with Gasteiger partial charge in [0.15, 0.2) is 40.0 Å². The van der Waals surface area contributed by atoms with E-state index in [-0.39, 0.29) is 31.8 Å². The molecule has 342 valence electrons. The first-order valence-electron chi connectivity index (χ1n) is 22.1. The Morgan fingerprint density at radius 1 is 1.05 bits per heavy atom. The summed E-state index contributed by atoms with van der Waals surface area (Å²) < 4.78 is 50.2. The number of aliphatic hydroxyl groups excluding tert-OH is 1. The van der Waals surface area contributed by atoms with Crippen LogP contribution in [-0.4, -0.2) is 107 Å². The Morgan fingerprint density at radius 3 is 2.53 bits per heavy atom. The van der Waals surface area contributed by atoms with Crippen LogP contribution in [0.1, 0.15) is 75.7 Å². The lowest BCUT2D eigenvalue weighted by Gasteiger charge is -2.59. The van der Waals surface area contributed by atoms with Crippen molar-refractivity contribution in [1.29, 1.82) is 5.26 Å². The standard InChI is InChI=1S/C47H58N4O11SSi/c1-23-14-28-15-30-31(18-48)51-32-20-58-46(54)47(29-17-33(55-5)34(61-24(2)19-52)16-27(29)10-11-49-47)21-63-45(37-36(32)44-42(59-22-60-44)25(3)41(37)62-26(4)53)39(51)38(50-30)35(28)43(40(23)56-6)57-12-13-64(7,8)9/h14,16-17,24,30-32,38-39,45,49-50,52H,10-13,15,19-22H2,1-9H3/t24?,30-,31-,32-,38+,39+,45+,47+/m0/s1. The topological polar surface area (TPSA) is 179 Å². The van der Waals surface area contributed by atoms with Gasteiger partial charge in [0.2, 0.25) is 6.79 Å². The number of nitrogens with zero attached hydrogens (tertiary/aromatic N) is 2. The highest BCUT2D eigenvalue weighted by Gasteiger charge is 2.60. The molecule has 7 aliphatic heterocycles. The fourth-order valence-corrected chi connectivity index (χ4v) is 13.1. The molecule has 3 N–H and O–H groups in total. The van der Waals surface area contributed by atoms with Gasteiger partial charge in [0.25, 0.3) is 0 Å². The zero-order valence-corrected chi connectivity index (χ0v) is 39.8. The SMILES string of the molecule is COc1cc2c(cc1OC(C)CO)CCN[C@]21CS[C@@H]2c3c(OC(C)=O)c(C)c4c(c3[C@H](COC1=O)N1[C@@H]2[C@@H]2N[C@@H](Cc3cc(C)c(OC)c(OCC[Si](C)(C)C)c32)[C@@H]1C#N)OCO4. The Hall–Kier alpha value is -4.70. The smallest absolute Gasteiger partial charge is 0.331 e. The molecule has 2 fully saturated rings. The van der Waals surface area contributed by atoms with E-state index in [0.717, 1.165) is 33.9 Å². The van der Waals surface area contributed by atoms with E-state index in [1.165, 1.54) is 6.92 Å². The molecule has 4 bridgehead atoms. The Bertz CT molecular complexity index is 2440. The van der Waals surface area contributed by atoms with Crippen molar-refractivity contribution in [3.8, 4) is 46.3 Å². The molecule has 10 rings (SSSR count). The first kappa shape index (κ1) is 44.5. The summed E-state index contributed by atoms with van der Waals surface area (Å²) in [4.78, 5) is 30.5. The summed E-state index contributed by atoms with van der Waals surface area (Å²) in [5, 5.41) is 28.1. The van der Waals surface area contributed by atoms with Crippen LogP contribution in [0.2, 0.25) is 25.7 Å². The van der Waals surface area contributed by atoms with Crippen LogP contribution in [0, 0.1) is 25.2 Å². The molecule has 3 aromatic rings. The molecule has 17 heteroatoms. The molecule has 1 unspecified atom stereocenters. The number of carbonyl (C=O) groups is 2. The highest BCUT2D eigenvalue weighted by atomic mass is 32.2. The third-order valence-electron chi connectivity index (χ3n) is 13.6. The molecule has 15 nitrogen and oxygen atoms in total. The fraction of sp³-hybridized carbons (Fsp3) is 0.553. The van der Waals surface area contributed by atoms with Gasteiger partial charge < -0.3 is 48.3 Å². The number of hydrogen-bond donors (Lipinski definition) is 3. The van der Waals surface area contributed by atoms with E-state index in [0.29, 0.717) is 82.9 Å². The average Bonchev–Trinajstić information content (AvgIpc) is 3.75. The normalized spacial score (nSPS) is 26.9. The molecule has 0 aliphatic carbocycles. The van der Waals surface area contributed by atoms with Crippen LogP contribution in [-0.2, 0) is 32.7 Å². The van der Waals surface area contributed by atoms with Crippen LogP contribution in [0.3, 0.4) is 0 Å². The second-order valence-corrected chi connectivity index (χ2v) is 25.6. The third-order valence-corrected chi connectivity index (χ3v) is 16.8. The first-order chi connectivity index (χ1) is 30.6. The van der Waals surface area contributed by atoms with Crippen LogP contribution in [0.25, 0.3) is 0 Å². The van der Waals surface area contributed by atoms with Crippen molar-refractivity contribution in [2.45, 2.75) is 113 Å². The molecule has 1 spiro atoms. The quantitative estimate of drug-likeness (QED) is 0.128. The van der Waals surface area contributed by atoms with Gasteiger partial charge in [-0.25, -0.2) is 4.79 Å². The molecule has 0 aromatic heterocycles. The maximum atomic E-state index is 15.1. The lowest BCUT2D eigenvalue weighted by molar-refractivity contribution is -0.155. The number of rotatable bonds is 10. The van der Waals surface area contributed by atoms with E-state index in [2.05, 4.69) is 47.3 Å². The van der Waals surface area contributed by atoms with Gasteiger partial charge in [-0.1, -0.05) is 25.7 Å². The summed E-state index contributed by atoms with van der Waals surface area (Å²) in [7, 11) is 1.72. The van der Waals surface area contributed by atoms with Gasteiger partial charge in [-0.2, -0.15) is 5.26 Å². The van der Waals surface area contributed by atoms with E-state index in [4.69, 9.17) is 37.9 Å². The van der Waals surface area contributed by atoms with E-state index in [9.17, 15) is 15.2 Å². The molecular weight excluding hydrogens is 857 g/mol. The number of benzene rings is 3. The third kappa shape index (κ3) is 7.25. The van der Waals surface area contributed by atoms with E-state index >= 15 is 4.79 Å². The molecule has 64 heavy (non-hydrogen) atoms. The summed E-state index contributed by atoms with van der Waals surface area (Å²) in [6.45, 7) is 14.6. The summed E-state index contributed by atoms with van der Waals surface area (Å²) in [6.07, 6.45) is 0.670. The Balaban J connectivity index is 1.28. The summed E-state index contributed by atoms with van der Waals surface area (Å²) >= 11 is 1.54. The fourth-order valence-electron chi connectivity index (χ4n) is 10.7. The average molecular weight is 915 g/mol. The number of esters is 2. The van der Waals surface area contributed by atoms with Crippen LogP contribution in [0.4, 0.5) is 0 Å². The monoisotopic (exact) mass is 914 g/mol. The molecular formula is C47H58N4O11SSi. The van der Waals surface area contributed by atoms with Crippen molar-refractivity contribution in [1.82, 2.24) is 15.5 Å². The van der Waals surface area contributed by atoms with Gasteiger partial charge >= 0.3 is 11.9 Å². The minimum atomic E-state index is -1.50. The number of aryl methyl sites for hydroxylation is 1. The number of nitriles is 1. The Morgan fingerprint density at radius 2 is 1.83 bits per heavy atom. The number of nitrogens with one attached hydrogen (secondary N) is 2. The molecule has 0 amide bonds. The van der Waals surface area contributed by atoms with E-state index in [1.807, 2.05) is 26.0 Å². The minimum Gasteiger partial charge on any atom is -0.493 e. The van der Waals surface area contributed by atoms with Gasteiger partial charge in [-0.15, -0.1) is 11.8 Å². The highest BCUT2D eigenvalue weighted by Crippen LogP contribution is 2.63. The van der Waals surface area contributed by atoms with Crippen LogP contribution < -0.4 is 43.8 Å². The van der Waals surface area contributed by atoms with Crippen LogP contribution in [0.15, 0.2) is 18.2 Å². The Kier molecular flexibility index (Phi) is 11.8. The number of hydrogen-bond acceptors (Lipinski definition) is 16. The number of ether oxygens (including phenoxy) is 8. The number of carbonyl (C=O) groups excluding carboxylic acids is 2. The van der Waals surface area contributed by atoms with E-state index in [1.54, 1.807) is 32.9 Å². The number of methoxy groups -OCH3 is 2. The van der Waals surface area contributed by atoms with Crippen molar-refractivity contribution in [3.05, 3.63) is 62.7 Å². The number of thioether (sulfide) groups is 1. The summed E-state index contributed by atoms with van der Waals surface area (Å²) in [5.41, 5.74) is 5.28. The van der Waals surface area contributed by atoms with Crippen molar-refractivity contribution in [2.24, 2.45) is 0 Å². The second kappa shape index (κ2) is 16.9. The molecule has 8 atom stereocenters. The van der Waals surface area contributed by atoms with Gasteiger partial charge in [-0.3, -0.25) is 15.0 Å². The summed E-state index contributed by atoms with van der Waals surface area (Å²) in [5.74, 6) is 2.77. The van der Waals surface area contributed by atoms with Gasteiger partial charge in [0.05, 0.1) is 50.8 Å². The lowest BCUT2D eigenvalue weighted by atomic mass is 9.72. The van der Waals surface area contributed by atoms with E-state index < -0.39 is 61.1 Å². The number of aliphatic hydroxyl groups is 1. The number of fused-ring (bicyclic) bond motifs is 9. The molecule has 0 radical (unpaired) electrons. The van der Waals surface area contributed by atoms with Crippen molar-refractivity contribution >= 4 is 31.8 Å². The first-order valence-corrected chi connectivity index (χ1v) is 26.8. The molecule has 7 aliphatic rings. The Labute approximate surface area is 379 Å². The zero-order valence-electron chi connectivity index (χ0n) is 38.0. The molecule has 7 heterocycles. The molecule has 0 saturated carbocycles. The maximum absolute atomic E-state index is 15.1. The predicted octanol–water partition coefficient (Wildman–Crippen LogP) is 5.71. The largest absolute Gasteiger partial charge is 0.493 e. The van der Waals surface area contributed by atoms with Crippen LogP contribution >= 0.6 is 11.8 Å². The van der Waals surface area contributed by atoms with Gasteiger partial charge in [0.1, 0.15) is 24.5 Å². The number of piperazine rings is 1. The lowest BCUT2D eigenvalue weighted by Crippen LogP contribution is -2.69. The van der Waals surface area contributed by atoms with Gasteiger partial charge in [-0.05, 0) is 74.0 Å². The second-order valence-electron chi connectivity index (χ2n) is 18.9. The van der Waals surface area contributed by atoms with Crippen molar-refractivity contribution in [2.75, 3.05) is 53.1 Å². The molecule has 2 saturated heterocycles. The summed E-state index contributed by atoms with van der Waals surface area (Å²) in [6, 6.07) is 6.95. The van der Waals surface area contributed by atoms with Gasteiger partial charge in [0, 0.05) is 61.6 Å². The van der Waals surface area contributed by atoms with Crippen molar-refractivity contribution in [3.63, 3.8) is 0 Å². The maximum Gasteiger partial charge on any atom is 0.331 e. The van der Waals surface area contributed by atoms with Crippen LogP contribution in [0.5, 0.6) is 40.2 Å². The minimum absolute atomic E-state index is 0.0482. The predicted molar refractivity (Wildman–Crippen MR) is 241 cm³/mol. The highest BCUT2D eigenvalue weighted by molar-refractivity contribution is 7.99. The molecule has 3 aromatic carbocycles. The zero-order chi connectivity index (χ0) is 45.4. The van der Waals surface area contributed by atoms with Crippen molar-refractivity contribution < 1.29 is 52.6 Å².